The van der Waals surface area contributed by atoms with E-state index >= 15 is 0 Å². The van der Waals surface area contributed by atoms with Crippen molar-refractivity contribution in [3.8, 4) is 0 Å². The number of nitrogens with one attached hydrogen (secondary N) is 1. The highest BCUT2D eigenvalue weighted by molar-refractivity contribution is 8.00. The molecular formula is C13H24F3NOS. The summed E-state index contributed by atoms with van der Waals surface area (Å²) < 4.78 is 41.8. The third-order valence-corrected chi connectivity index (χ3v) is 4.30. The second kappa shape index (κ2) is 6.68. The number of thioether (sulfide) groups is 1. The summed E-state index contributed by atoms with van der Waals surface area (Å²) in [6.07, 6.45) is 1.10. The van der Waals surface area contributed by atoms with Crippen LogP contribution in [0.3, 0.4) is 0 Å². The summed E-state index contributed by atoms with van der Waals surface area (Å²) in [6, 6.07) is 0.249. The van der Waals surface area contributed by atoms with Crippen molar-refractivity contribution in [2.24, 2.45) is 11.3 Å². The lowest BCUT2D eigenvalue weighted by Gasteiger charge is -2.52. The van der Waals surface area contributed by atoms with Gasteiger partial charge in [0.15, 0.2) is 0 Å². The summed E-state index contributed by atoms with van der Waals surface area (Å²) in [5.74, 6) is 0.569. The first-order valence-corrected chi connectivity index (χ1v) is 7.67. The largest absolute Gasteiger partial charge is 0.441 e. The molecule has 1 N–H and O–H groups in total. The Labute approximate surface area is 117 Å². The summed E-state index contributed by atoms with van der Waals surface area (Å²) in [5.41, 5.74) is -4.13. The average molecular weight is 299 g/mol. The van der Waals surface area contributed by atoms with Gasteiger partial charge in [0.2, 0.25) is 0 Å². The highest BCUT2D eigenvalue weighted by Gasteiger charge is 2.48. The summed E-state index contributed by atoms with van der Waals surface area (Å²) in [7, 11) is 0. The number of ether oxygens (including phenoxy) is 1. The van der Waals surface area contributed by atoms with Crippen molar-refractivity contribution in [2.45, 2.75) is 51.8 Å². The second-order valence-corrected chi connectivity index (χ2v) is 7.23. The zero-order valence-electron chi connectivity index (χ0n) is 12.0. The molecule has 0 amide bonds. The van der Waals surface area contributed by atoms with Crippen LogP contribution in [-0.2, 0) is 4.74 Å². The Hall–Kier alpha value is 0.0600. The number of halogens is 3. The molecule has 1 aliphatic carbocycles. The minimum Gasteiger partial charge on any atom is -0.377 e. The molecule has 0 spiro atoms. The molecule has 0 aliphatic heterocycles. The van der Waals surface area contributed by atoms with Gasteiger partial charge >= 0.3 is 5.51 Å². The van der Waals surface area contributed by atoms with Crippen molar-refractivity contribution in [1.29, 1.82) is 0 Å². The second-order valence-electron chi connectivity index (χ2n) is 6.07. The molecule has 2 unspecified atom stereocenters. The predicted octanol–water partition coefficient (Wildman–Crippen LogP) is 3.67. The molecule has 0 aromatic rings. The molecule has 0 aromatic heterocycles. The lowest BCUT2D eigenvalue weighted by molar-refractivity contribution is -0.123. The first-order valence-electron chi connectivity index (χ1n) is 6.68. The number of rotatable bonds is 7. The van der Waals surface area contributed by atoms with E-state index < -0.39 is 5.51 Å². The fourth-order valence-electron chi connectivity index (χ4n) is 2.22. The Balaban J connectivity index is 2.20. The average Bonchev–Trinajstić information content (AvgIpc) is 2.24. The van der Waals surface area contributed by atoms with E-state index in [4.69, 9.17) is 4.74 Å². The molecular weight excluding hydrogens is 275 g/mol. The number of alkyl halides is 3. The third kappa shape index (κ3) is 5.52. The van der Waals surface area contributed by atoms with Crippen LogP contribution >= 0.6 is 11.8 Å². The first-order chi connectivity index (χ1) is 8.63. The normalized spacial score (nSPS) is 26.5. The van der Waals surface area contributed by atoms with Gasteiger partial charge in [-0.3, -0.25) is 0 Å². The van der Waals surface area contributed by atoms with E-state index in [-0.39, 0.29) is 35.1 Å². The van der Waals surface area contributed by atoms with Crippen LogP contribution in [0.5, 0.6) is 0 Å². The molecule has 6 heteroatoms. The Morgan fingerprint density at radius 3 is 2.47 bits per heavy atom. The van der Waals surface area contributed by atoms with Crippen LogP contribution in [-0.4, -0.2) is 36.6 Å². The Bertz CT molecular complexity index is 282. The van der Waals surface area contributed by atoms with E-state index in [1.54, 1.807) is 0 Å². The molecule has 19 heavy (non-hydrogen) atoms. The lowest BCUT2D eigenvalue weighted by Crippen LogP contribution is -2.61. The molecule has 0 radical (unpaired) electrons. The molecule has 114 valence electrons. The van der Waals surface area contributed by atoms with E-state index in [0.717, 1.165) is 13.0 Å². The van der Waals surface area contributed by atoms with Crippen LogP contribution in [0, 0.1) is 11.3 Å². The third-order valence-electron chi connectivity index (χ3n) is 3.57. The molecule has 0 aromatic carbocycles. The van der Waals surface area contributed by atoms with Crippen molar-refractivity contribution in [1.82, 2.24) is 5.32 Å². The topological polar surface area (TPSA) is 21.3 Å². The van der Waals surface area contributed by atoms with Gasteiger partial charge in [0, 0.05) is 30.4 Å². The molecule has 0 bridgehead atoms. The van der Waals surface area contributed by atoms with E-state index in [0.29, 0.717) is 12.5 Å². The van der Waals surface area contributed by atoms with E-state index in [9.17, 15) is 13.2 Å². The van der Waals surface area contributed by atoms with E-state index in [1.165, 1.54) is 0 Å². The molecule has 1 aliphatic rings. The van der Waals surface area contributed by atoms with Gasteiger partial charge in [0.25, 0.3) is 0 Å². The van der Waals surface area contributed by atoms with Crippen LogP contribution in [0.15, 0.2) is 0 Å². The van der Waals surface area contributed by atoms with Gasteiger partial charge < -0.3 is 10.1 Å². The summed E-state index contributed by atoms with van der Waals surface area (Å²) in [5, 5.41) is 3.20. The zero-order valence-corrected chi connectivity index (χ0v) is 12.8. The Morgan fingerprint density at radius 2 is 2.00 bits per heavy atom. The molecule has 1 fully saturated rings. The predicted molar refractivity (Wildman–Crippen MR) is 73.3 cm³/mol. The number of hydrogen-bond donors (Lipinski definition) is 1. The fraction of sp³-hybridized carbons (Fsp3) is 1.00. The maximum Gasteiger partial charge on any atom is 0.441 e. The molecule has 0 saturated heterocycles. The standard InChI is InChI=1S/C13H24F3NOS/c1-9(2)8-18-11-7-10(12(11,3)4)17-5-6-19-13(14,15)16/h9-11,17H,5-8H2,1-4H3. The molecule has 0 heterocycles. The highest BCUT2D eigenvalue weighted by Crippen LogP contribution is 2.43. The first kappa shape index (κ1) is 17.1. The minimum atomic E-state index is -4.13. The maximum atomic E-state index is 12.0. The van der Waals surface area contributed by atoms with Crippen LogP contribution in [0.2, 0.25) is 0 Å². The highest BCUT2D eigenvalue weighted by atomic mass is 32.2. The fourth-order valence-corrected chi connectivity index (χ4v) is 2.67. The van der Waals surface area contributed by atoms with Gasteiger partial charge in [-0.1, -0.05) is 27.7 Å². The van der Waals surface area contributed by atoms with E-state index in [2.05, 4.69) is 33.0 Å². The van der Waals surface area contributed by atoms with Crippen LogP contribution in [0.4, 0.5) is 13.2 Å². The lowest BCUT2D eigenvalue weighted by atomic mass is 9.64. The molecule has 1 rings (SSSR count). The van der Waals surface area contributed by atoms with Gasteiger partial charge in [-0.05, 0) is 24.1 Å². The van der Waals surface area contributed by atoms with Gasteiger partial charge in [0.1, 0.15) is 0 Å². The van der Waals surface area contributed by atoms with Gasteiger partial charge in [-0.2, -0.15) is 13.2 Å². The van der Waals surface area contributed by atoms with Crippen molar-refractivity contribution in [3.05, 3.63) is 0 Å². The maximum absolute atomic E-state index is 12.0. The van der Waals surface area contributed by atoms with Gasteiger partial charge in [-0.25, -0.2) is 0 Å². The van der Waals surface area contributed by atoms with Crippen molar-refractivity contribution >= 4 is 11.8 Å². The molecule has 2 atom stereocenters. The van der Waals surface area contributed by atoms with Gasteiger partial charge in [0.05, 0.1) is 6.10 Å². The zero-order chi connectivity index (χ0) is 14.7. The van der Waals surface area contributed by atoms with E-state index in [1.807, 2.05) is 0 Å². The van der Waals surface area contributed by atoms with Crippen LogP contribution in [0.1, 0.15) is 34.1 Å². The molecule has 2 nitrogen and oxygen atoms in total. The van der Waals surface area contributed by atoms with Crippen molar-refractivity contribution in [3.63, 3.8) is 0 Å². The summed E-state index contributed by atoms with van der Waals surface area (Å²) in [6.45, 7) is 9.55. The summed E-state index contributed by atoms with van der Waals surface area (Å²) >= 11 is 0.0315. The summed E-state index contributed by atoms with van der Waals surface area (Å²) in [4.78, 5) is 0. The van der Waals surface area contributed by atoms with Crippen molar-refractivity contribution in [2.75, 3.05) is 18.9 Å². The van der Waals surface area contributed by atoms with Crippen LogP contribution in [0.25, 0.3) is 0 Å². The SMILES string of the molecule is CC(C)COC1CC(NCCSC(F)(F)F)C1(C)C. The number of hydrogen-bond acceptors (Lipinski definition) is 3. The minimum absolute atomic E-state index is 0.00219. The van der Waals surface area contributed by atoms with Gasteiger partial charge in [-0.15, -0.1) is 0 Å². The smallest absolute Gasteiger partial charge is 0.377 e. The quantitative estimate of drug-likeness (QED) is 0.725. The Kier molecular flexibility index (Phi) is 6.01. The Morgan fingerprint density at radius 1 is 1.37 bits per heavy atom. The monoisotopic (exact) mass is 299 g/mol. The van der Waals surface area contributed by atoms with Crippen LogP contribution < -0.4 is 5.32 Å². The van der Waals surface area contributed by atoms with Crippen molar-refractivity contribution < 1.29 is 17.9 Å². The molecule has 1 saturated carbocycles.